The second-order valence-corrected chi connectivity index (χ2v) is 7.47. The summed E-state index contributed by atoms with van der Waals surface area (Å²) in [6, 6.07) is 11.9. The molecule has 134 valence electrons. The van der Waals surface area contributed by atoms with Crippen molar-refractivity contribution in [2.75, 3.05) is 13.2 Å². The van der Waals surface area contributed by atoms with Crippen LogP contribution in [0.4, 0.5) is 0 Å². The van der Waals surface area contributed by atoms with Crippen molar-refractivity contribution in [3.05, 3.63) is 46.9 Å². The molecule has 2 N–H and O–H groups in total. The van der Waals surface area contributed by atoms with Crippen molar-refractivity contribution < 1.29 is 19.7 Å². The summed E-state index contributed by atoms with van der Waals surface area (Å²) in [5.74, 6) is 3.73. The minimum atomic E-state index is 0.255. The quantitative estimate of drug-likeness (QED) is 0.698. The summed E-state index contributed by atoms with van der Waals surface area (Å²) >= 11 is 3.33. The average molecular weight is 407 g/mol. The molecule has 4 nitrogen and oxygen atoms in total. The number of phenols is 2. The summed E-state index contributed by atoms with van der Waals surface area (Å²) in [5.41, 5.74) is 0. The number of aromatic hydroxyl groups is 2. The fraction of sp³-hybridized carbons (Fsp3) is 0.400. The Bertz CT molecular complexity index is 679. The van der Waals surface area contributed by atoms with E-state index in [-0.39, 0.29) is 11.5 Å². The monoisotopic (exact) mass is 406 g/mol. The van der Waals surface area contributed by atoms with Gasteiger partial charge in [0.1, 0.15) is 23.0 Å². The van der Waals surface area contributed by atoms with Gasteiger partial charge in [-0.2, -0.15) is 0 Å². The molecule has 0 aromatic heterocycles. The zero-order valence-electron chi connectivity index (χ0n) is 14.0. The van der Waals surface area contributed by atoms with Crippen LogP contribution in [0.1, 0.15) is 25.7 Å². The lowest BCUT2D eigenvalue weighted by Gasteiger charge is -2.06. The lowest BCUT2D eigenvalue weighted by molar-refractivity contribution is 0.297. The fourth-order valence-electron chi connectivity index (χ4n) is 2.14. The van der Waals surface area contributed by atoms with Crippen molar-refractivity contribution in [1.82, 2.24) is 0 Å². The summed E-state index contributed by atoms with van der Waals surface area (Å²) in [6.45, 7) is 1.62. The van der Waals surface area contributed by atoms with Crippen LogP contribution in [0.2, 0.25) is 0 Å². The molecule has 0 saturated heterocycles. The predicted molar refractivity (Wildman–Crippen MR) is 100 cm³/mol. The van der Waals surface area contributed by atoms with Crippen molar-refractivity contribution in [3.63, 3.8) is 0 Å². The molecule has 0 aliphatic heterocycles. The van der Waals surface area contributed by atoms with Crippen LogP contribution >= 0.6 is 15.9 Å². The second kappa shape index (κ2) is 8.48. The number of phenolic OH excluding ortho intramolecular Hbond substituents is 2. The van der Waals surface area contributed by atoms with Crippen LogP contribution in [-0.4, -0.2) is 23.4 Å². The Morgan fingerprint density at radius 2 is 1.36 bits per heavy atom. The first kappa shape index (κ1) is 17.9. The van der Waals surface area contributed by atoms with Gasteiger partial charge in [0, 0.05) is 0 Å². The predicted octanol–water partition coefficient (Wildman–Crippen LogP) is 5.12. The van der Waals surface area contributed by atoms with E-state index in [9.17, 15) is 0 Å². The van der Waals surface area contributed by atoms with Crippen molar-refractivity contribution in [2.24, 2.45) is 11.8 Å². The Morgan fingerprint density at radius 3 is 1.92 bits per heavy atom. The van der Waals surface area contributed by atoms with Crippen LogP contribution in [0.3, 0.4) is 0 Å². The van der Waals surface area contributed by atoms with E-state index in [0.29, 0.717) is 0 Å². The highest BCUT2D eigenvalue weighted by atomic mass is 79.9. The first-order valence-electron chi connectivity index (χ1n) is 8.63. The van der Waals surface area contributed by atoms with E-state index in [1.165, 1.54) is 25.7 Å². The summed E-state index contributed by atoms with van der Waals surface area (Å²) in [7, 11) is 0. The average Bonchev–Trinajstić information content (AvgIpc) is 3.48. The maximum absolute atomic E-state index is 9.14. The van der Waals surface area contributed by atoms with Gasteiger partial charge < -0.3 is 19.7 Å². The van der Waals surface area contributed by atoms with E-state index in [4.69, 9.17) is 19.7 Å². The number of hydrogen-bond acceptors (Lipinski definition) is 4. The molecule has 0 amide bonds. The van der Waals surface area contributed by atoms with Crippen LogP contribution < -0.4 is 9.47 Å². The highest BCUT2D eigenvalue weighted by Crippen LogP contribution is 2.33. The molecule has 0 atom stereocenters. The number of ether oxygens (including phenoxy) is 2. The summed E-state index contributed by atoms with van der Waals surface area (Å²) in [4.78, 5) is 0. The maximum atomic E-state index is 9.14. The van der Waals surface area contributed by atoms with Crippen molar-refractivity contribution in [2.45, 2.75) is 25.7 Å². The molecule has 4 rings (SSSR count). The third-order valence-electron chi connectivity index (χ3n) is 4.11. The van der Waals surface area contributed by atoms with Crippen LogP contribution in [0, 0.1) is 11.8 Å². The summed E-state index contributed by atoms with van der Waals surface area (Å²) in [6.07, 6.45) is 5.18. The third kappa shape index (κ3) is 6.50. The Labute approximate surface area is 156 Å². The van der Waals surface area contributed by atoms with Gasteiger partial charge in [-0.3, -0.25) is 0 Å². The molecular weight excluding hydrogens is 384 g/mol. The number of benzene rings is 2. The Balaban J connectivity index is 0.000000146. The lowest BCUT2D eigenvalue weighted by Crippen LogP contribution is -1.99. The SMILES string of the molecule is Oc1ccc(OCC2CC2)c(Br)c1.Oc1ccc(OCC2CC2)cc1. The van der Waals surface area contributed by atoms with Crippen LogP contribution in [0.5, 0.6) is 23.0 Å². The molecule has 0 heterocycles. The minimum Gasteiger partial charge on any atom is -0.508 e. The highest BCUT2D eigenvalue weighted by Gasteiger charge is 2.22. The molecule has 2 fully saturated rings. The zero-order chi connectivity index (χ0) is 17.6. The van der Waals surface area contributed by atoms with Gasteiger partial charge in [-0.05, 0) is 95.9 Å². The van der Waals surface area contributed by atoms with E-state index in [1.54, 1.807) is 42.5 Å². The molecule has 0 spiro atoms. The number of rotatable bonds is 6. The molecular formula is C20H23BrO4. The molecule has 5 heteroatoms. The molecule has 2 aromatic rings. The molecule has 0 radical (unpaired) electrons. The molecule has 0 bridgehead atoms. The Hall–Kier alpha value is -1.88. The van der Waals surface area contributed by atoms with Crippen LogP contribution in [-0.2, 0) is 0 Å². The fourth-order valence-corrected chi connectivity index (χ4v) is 2.62. The maximum Gasteiger partial charge on any atom is 0.133 e. The van der Waals surface area contributed by atoms with Gasteiger partial charge in [0.15, 0.2) is 0 Å². The van der Waals surface area contributed by atoms with E-state index >= 15 is 0 Å². The Morgan fingerprint density at radius 1 is 0.800 bits per heavy atom. The Kier molecular flexibility index (Phi) is 6.08. The third-order valence-corrected chi connectivity index (χ3v) is 4.73. The van der Waals surface area contributed by atoms with Gasteiger partial charge in [0.05, 0.1) is 17.7 Å². The minimum absolute atomic E-state index is 0.255. The van der Waals surface area contributed by atoms with E-state index in [0.717, 1.165) is 41.0 Å². The van der Waals surface area contributed by atoms with Crippen LogP contribution in [0.15, 0.2) is 46.9 Å². The van der Waals surface area contributed by atoms with Gasteiger partial charge >= 0.3 is 0 Å². The van der Waals surface area contributed by atoms with Gasteiger partial charge in [-0.25, -0.2) is 0 Å². The van der Waals surface area contributed by atoms with Gasteiger partial charge in [0.2, 0.25) is 0 Å². The molecule has 2 aliphatic rings. The highest BCUT2D eigenvalue weighted by molar-refractivity contribution is 9.10. The summed E-state index contributed by atoms with van der Waals surface area (Å²) < 4.78 is 11.8. The topological polar surface area (TPSA) is 58.9 Å². The summed E-state index contributed by atoms with van der Waals surface area (Å²) in [5, 5.41) is 18.1. The first-order valence-corrected chi connectivity index (χ1v) is 9.42. The number of halogens is 1. The van der Waals surface area contributed by atoms with E-state index in [2.05, 4.69) is 15.9 Å². The molecule has 2 saturated carbocycles. The zero-order valence-corrected chi connectivity index (χ0v) is 15.6. The molecule has 2 aliphatic carbocycles. The second-order valence-electron chi connectivity index (χ2n) is 6.62. The smallest absolute Gasteiger partial charge is 0.133 e. The lowest BCUT2D eigenvalue weighted by atomic mass is 10.3. The molecule has 2 aromatic carbocycles. The largest absolute Gasteiger partial charge is 0.508 e. The standard InChI is InChI=1S/C10H11BrO2.C10H12O2/c11-9-5-8(12)3-4-10(9)13-6-7-1-2-7;11-9-3-5-10(6-4-9)12-7-8-1-2-8/h3-5,7,12H,1-2,6H2;3-6,8,11H,1-2,7H2. The molecule has 0 unspecified atom stereocenters. The van der Waals surface area contributed by atoms with Crippen molar-refractivity contribution in [3.8, 4) is 23.0 Å². The first-order chi connectivity index (χ1) is 12.1. The van der Waals surface area contributed by atoms with Crippen molar-refractivity contribution >= 4 is 15.9 Å². The number of hydrogen-bond donors (Lipinski definition) is 2. The van der Waals surface area contributed by atoms with Gasteiger partial charge in [-0.15, -0.1) is 0 Å². The van der Waals surface area contributed by atoms with E-state index in [1.807, 2.05) is 0 Å². The molecule has 25 heavy (non-hydrogen) atoms. The van der Waals surface area contributed by atoms with Gasteiger partial charge in [0.25, 0.3) is 0 Å². The van der Waals surface area contributed by atoms with Gasteiger partial charge in [-0.1, -0.05) is 0 Å². The van der Waals surface area contributed by atoms with E-state index < -0.39 is 0 Å². The van der Waals surface area contributed by atoms with Crippen molar-refractivity contribution in [1.29, 1.82) is 0 Å². The normalized spacial score (nSPS) is 15.9. The van der Waals surface area contributed by atoms with Crippen LogP contribution in [0.25, 0.3) is 0 Å².